The largest absolute Gasteiger partial charge is 0.493 e. The number of methoxy groups -OCH3 is 2. The summed E-state index contributed by atoms with van der Waals surface area (Å²) in [6, 6.07) is 28.7. The van der Waals surface area contributed by atoms with Gasteiger partial charge in [-0.1, -0.05) is 72.8 Å². The lowest BCUT2D eigenvalue weighted by Crippen LogP contribution is -2.44. The lowest BCUT2D eigenvalue weighted by Gasteiger charge is -2.23. The lowest BCUT2D eigenvalue weighted by molar-refractivity contribution is 0.354. The maximum absolute atomic E-state index is 13.4. The van der Waals surface area contributed by atoms with E-state index < -0.39 is 10.0 Å². The van der Waals surface area contributed by atoms with Crippen LogP contribution in [-0.4, -0.2) is 35.2 Å². The zero-order valence-corrected chi connectivity index (χ0v) is 21.6. The maximum atomic E-state index is 13.4. The van der Waals surface area contributed by atoms with E-state index in [2.05, 4.69) is 47.3 Å². The van der Waals surface area contributed by atoms with Gasteiger partial charge in [-0.05, 0) is 47.4 Å². The molecule has 4 aromatic carbocycles. The third kappa shape index (κ3) is 6.05. The van der Waals surface area contributed by atoms with Crippen LogP contribution in [0, 0.1) is 0 Å². The first kappa shape index (κ1) is 25.7. The molecule has 0 radical (unpaired) electrons. The van der Waals surface area contributed by atoms with Gasteiger partial charge in [-0.3, -0.25) is 0 Å². The minimum Gasteiger partial charge on any atom is -0.493 e. The minimum atomic E-state index is -3.81. The Hall–Kier alpha value is -3.39. The first-order valence-corrected chi connectivity index (χ1v) is 13.4. The van der Waals surface area contributed by atoms with Crippen LogP contribution in [0.3, 0.4) is 0 Å². The van der Waals surface area contributed by atoms with Crippen molar-refractivity contribution >= 4 is 20.8 Å². The zero-order valence-electron chi connectivity index (χ0n) is 20.8. The van der Waals surface area contributed by atoms with Gasteiger partial charge in [0.05, 0.1) is 19.1 Å². The molecule has 7 heteroatoms. The number of fused-ring (bicyclic) bond motifs is 1. The molecule has 2 atom stereocenters. The van der Waals surface area contributed by atoms with E-state index in [0.717, 1.165) is 5.56 Å². The monoisotopic (exact) mass is 504 g/mol. The summed E-state index contributed by atoms with van der Waals surface area (Å²) in [5.41, 5.74) is 2.23. The van der Waals surface area contributed by atoms with Gasteiger partial charge in [-0.15, -0.1) is 0 Å². The molecule has 0 aliphatic carbocycles. The average Bonchev–Trinajstić information content (AvgIpc) is 2.91. The molecule has 6 nitrogen and oxygen atoms in total. The van der Waals surface area contributed by atoms with Crippen molar-refractivity contribution in [2.24, 2.45) is 0 Å². The van der Waals surface area contributed by atoms with E-state index in [1.54, 1.807) is 6.07 Å². The van der Waals surface area contributed by atoms with Crippen LogP contribution < -0.4 is 19.5 Å². The van der Waals surface area contributed by atoms with Crippen LogP contribution in [0.2, 0.25) is 0 Å². The minimum absolute atomic E-state index is 0.0277. The van der Waals surface area contributed by atoms with Gasteiger partial charge in [0.25, 0.3) is 0 Å². The second-order valence-electron chi connectivity index (χ2n) is 8.72. The second kappa shape index (κ2) is 11.6. The third-order valence-electron chi connectivity index (χ3n) is 6.27. The fourth-order valence-electron chi connectivity index (χ4n) is 4.38. The normalized spacial score (nSPS) is 13.3. The molecule has 0 bridgehead atoms. The molecular formula is C29H32N2O4S. The molecule has 0 saturated carbocycles. The van der Waals surface area contributed by atoms with Gasteiger partial charge in [0.1, 0.15) is 0 Å². The average molecular weight is 505 g/mol. The van der Waals surface area contributed by atoms with Crippen LogP contribution in [0.25, 0.3) is 10.8 Å². The Kier molecular flexibility index (Phi) is 8.25. The summed E-state index contributed by atoms with van der Waals surface area (Å²) in [7, 11) is -0.809. The van der Waals surface area contributed by atoms with E-state index in [1.807, 2.05) is 42.5 Å². The molecule has 0 saturated heterocycles. The highest BCUT2D eigenvalue weighted by molar-refractivity contribution is 7.89. The van der Waals surface area contributed by atoms with E-state index in [0.29, 0.717) is 24.5 Å². The second-order valence-corrected chi connectivity index (χ2v) is 10.4. The van der Waals surface area contributed by atoms with Crippen molar-refractivity contribution in [3.05, 3.63) is 102 Å². The van der Waals surface area contributed by atoms with Gasteiger partial charge < -0.3 is 14.8 Å². The molecule has 0 aliphatic heterocycles. The third-order valence-corrected chi connectivity index (χ3v) is 7.79. The van der Waals surface area contributed by atoms with Crippen LogP contribution >= 0.6 is 0 Å². The summed E-state index contributed by atoms with van der Waals surface area (Å²) in [5, 5.41) is 5.92. The predicted octanol–water partition coefficient (Wildman–Crippen LogP) is 5.10. The first-order chi connectivity index (χ1) is 17.4. The number of nitrogens with one attached hydrogen (secondary N) is 2. The standard InChI is InChI=1S/C29H32N2O4S/c1-21(26-15-9-13-23-12-7-8-14-27(23)26)30-20-24(18-22-10-5-4-6-11-22)31-36(32,33)25-16-17-28(34-2)29(19-25)35-3/h4-17,19,21,24,30-31H,18,20H2,1-3H3. The summed E-state index contributed by atoms with van der Waals surface area (Å²) >= 11 is 0. The molecule has 0 aliphatic rings. The Balaban J connectivity index is 1.56. The van der Waals surface area contributed by atoms with Crippen LogP contribution in [0.1, 0.15) is 24.1 Å². The van der Waals surface area contributed by atoms with Crippen molar-refractivity contribution in [2.75, 3.05) is 20.8 Å². The van der Waals surface area contributed by atoms with E-state index in [9.17, 15) is 8.42 Å². The van der Waals surface area contributed by atoms with Gasteiger partial charge in [0, 0.05) is 24.7 Å². The highest BCUT2D eigenvalue weighted by Gasteiger charge is 2.23. The van der Waals surface area contributed by atoms with Gasteiger partial charge in [0.2, 0.25) is 10.0 Å². The van der Waals surface area contributed by atoms with Crippen LogP contribution in [0.5, 0.6) is 11.5 Å². The van der Waals surface area contributed by atoms with Crippen molar-refractivity contribution in [2.45, 2.75) is 30.3 Å². The van der Waals surface area contributed by atoms with E-state index in [1.165, 1.54) is 42.7 Å². The smallest absolute Gasteiger partial charge is 0.241 e. The highest BCUT2D eigenvalue weighted by atomic mass is 32.2. The summed E-state index contributed by atoms with van der Waals surface area (Å²) in [6.07, 6.45) is 0.544. The number of ether oxygens (including phenoxy) is 2. The van der Waals surface area contributed by atoms with Crippen LogP contribution in [-0.2, 0) is 16.4 Å². The molecule has 4 rings (SSSR count). The number of benzene rings is 4. The molecule has 188 valence electrons. The van der Waals surface area contributed by atoms with Crippen LogP contribution in [0.15, 0.2) is 95.9 Å². The molecule has 0 aromatic heterocycles. The Bertz CT molecular complexity index is 1400. The molecule has 2 N–H and O–H groups in total. The Morgan fingerprint density at radius 1 is 0.806 bits per heavy atom. The van der Waals surface area contributed by atoms with Crippen molar-refractivity contribution in [3.63, 3.8) is 0 Å². The fourth-order valence-corrected chi connectivity index (χ4v) is 5.63. The Morgan fingerprint density at radius 2 is 1.50 bits per heavy atom. The zero-order chi connectivity index (χ0) is 25.5. The van der Waals surface area contributed by atoms with Gasteiger partial charge in [-0.2, -0.15) is 0 Å². The predicted molar refractivity (Wildman–Crippen MR) is 144 cm³/mol. The first-order valence-electron chi connectivity index (χ1n) is 11.9. The molecule has 36 heavy (non-hydrogen) atoms. The van der Waals surface area contributed by atoms with Gasteiger partial charge in [-0.25, -0.2) is 13.1 Å². The summed E-state index contributed by atoms with van der Waals surface area (Å²) < 4.78 is 40.2. The summed E-state index contributed by atoms with van der Waals surface area (Å²) in [6.45, 7) is 2.55. The van der Waals surface area contributed by atoms with Gasteiger partial charge in [0.15, 0.2) is 11.5 Å². The van der Waals surface area contributed by atoms with Crippen LogP contribution in [0.4, 0.5) is 0 Å². The maximum Gasteiger partial charge on any atom is 0.241 e. The molecule has 0 fully saturated rings. The number of sulfonamides is 1. The van der Waals surface area contributed by atoms with E-state index >= 15 is 0 Å². The number of hydrogen-bond donors (Lipinski definition) is 2. The van der Waals surface area contributed by atoms with E-state index in [4.69, 9.17) is 9.47 Å². The van der Waals surface area contributed by atoms with Gasteiger partial charge >= 0.3 is 0 Å². The summed E-state index contributed by atoms with van der Waals surface area (Å²) in [5.74, 6) is 0.838. The topological polar surface area (TPSA) is 76.7 Å². The fraction of sp³-hybridized carbons (Fsp3) is 0.241. The van der Waals surface area contributed by atoms with Crippen molar-refractivity contribution in [3.8, 4) is 11.5 Å². The Labute approximate surface area is 213 Å². The SMILES string of the molecule is COc1ccc(S(=O)(=O)NC(CNC(C)c2cccc3ccccc23)Cc2ccccc2)cc1OC. The summed E-state index contributed by atoms with van der Waals surface area (Å²) in [4.78, 5) is 0.125. The molecule has 0 spiro atoms. The Morgan fingerprint density at radius 3 is 2.25 bits per heavy atom. The molecular weight excluding hydrogens is 472 g/mol. The molecule has 0 heterocycles. The highest BCUT2D eigenvalue weighted by Crippen LogP contribution is 2.29. The van der Waals surface area contributed by atoms with Crippen molar-refractivity contribution in [1.29, 1.82) is 0 Å². The number of hydrogen-bond acceptors (Lipinski definition) is 5. The molecule has 0 amide bonds. The molecule has 2 unspecified atom stereocenters. The van der Waals surface area contributed by atoms with E-state index in [-0.39, 0.29) is 17.0 Å². The quantitative estimate of drug-likeness (QED) is 0.297. The van der Waals surface area contributed by atoms with Crippen molar-refractivity contribution in [1.82, 2.24) is 10.0 Å². The lowest BCUT2D eigenvalue weighted by atomic mass is 9.99. The number of rotatable bonds is 11. The van der Waals surface area contributed by atoms with Crippen molar-refractivity contribution < 1.29 is 17.9 Å². The molecule has 4 aromatic rings.